The number of nitrogens with zero attached hydrogens (tertiary/aromatic N) is 2. The summed E-state index contributed by atoms with van der Waals surface area (Å²) < 4.78 is 2.06. The molecule has 86 valence electrons. The third-order valence-electron chi connectivity index (χ3n) is 2.83. The SMILES string of the molecule is CCCNC(CC)C(C)n1cc(C)cn1. The van der Waals surface area contributed by atoms with E-state index in [1.807, 2.05) is 6.20 Å². The minimum atomic E-state index is 0.426. The van der Waals surface area contributed by atoms with E-state index in [9.17, 15) is 0 Å². The van der Waals surface area contributed by atoms with E-state index in [2.05, 4.69) is 49.0 Å². The van der Waals surface area contributed by atoms with Crippen molar-refractivity contribution < 1.29 is 0 Å². The maximum atomic E-state index is 4.37. The molecule has 0 saturated carbocycles. The predicted molar refractivity (Wildman–Crippen MR) is 64.0 cm³/mol. The van der Waals surface area contributed by atoms with Crippen LogP contribution in [0.4, 0.5) is 0 Å². The van der Waals surface area contributed by atoms with E-state index in [1.54, 1.807) is 0 Å². The highest BCUT2D eigenvalue weighted by atomic mass is 15.3. The number of hydrogen-bond acceptors (Lipinski definition) is 2. The molecule has 1 N–H and O–H groups in total. The molecule has 15 heavy (non-hydrogen) atoms. The molecule has 1 aromatic heterocycles. The molecule has 2 unspecified atom stereocenters. The first-order valence-electron chi connectivity index (χ1n) is 5.93. The monoisotopic (exact) mass is 209 g/mol. The van der Waals surface area contributed by atoms with E-state index < -0.39 is 0 Å². The first-order valence-corrected chi connectivity index (χ1v) is 5.93. The third kappa shape index (κ3) is 3.34. The summed E-state index contributed by atoms with van der Waals surface area (Å²) in [7, 11) is 0. The first kappa shape index (κ1) is 12.2. The quantitative estimate of drug-likeness (QED) is 0.780. The average molecular weight is 209 g/mol. The zero-order valence-electron chi connectivity index (χ0n) is 10.3. The van der Waals surface area contributed by atoms with Crippen LogP contribution in [0, 0.1) is 6.92 Å². The third-order valence-corrected chi connectivity index (χ3v) is 2.83. The molecule has 0 amide bonds. The van der Waals surface area contributed by atoms with Gasteiger partial charge in [0.05, 0.1) is 12.2 Å². The van der Waals surface area contributed by atoms with Gasteiger partial charge in [0.1, 0.15) is 0 Å². The molecular formula is C12H23N3. The van der Waals surface area contributed by atoms with E-state index in [1.165, 1.54) is 12.0 Å². The number of aromatic nitrogens is 2. The number of aryl methyl sites for hydroxylation is 1. The van der Waals surface area contributed by atoms with E-state index in [4.69, 9.17) is 0 Å². The maximum Gasteiger partial charge on any atom is 0.0644 e. The molecule has 0 fully saturated rings. The van der Waals surface area contributed by atoms with Crippen LogP contribution in [0.3, 0.4) is 0 Å². The Morgan fingerprint density at radius 1 is 1.47 bits per heavy atom. The molecular weight excluding hydrogens is 186 g/mol. The van der Waals surface area contributed by atoms with Gasteiger partial charge >= 0.3 is 0 Å². The molecule has 0 bridgehead atoms. The van der Waals surface area contributed by atoms with Crippen LogP contribution in [0.25, 0.3) is 0 Å². The standard InChI is InChI=1S/C12H23N3/c1-5-7-13-12(6-2)11(4)15-9-10(3)8-14-15/h8-9,11-13H,5-7H2,1-4H3. The van der Waals surface area contributed by atoms with Crippen molar-refractivity contribution in [2.75, 3.05) is 6.54 Å². The minimum Gasteiger partial charge on any atom is -0.312 e. The van der Waals surface area contributed by atoms with Crippen LogP contribution in [0.2, 0.25) is 0 Å². The molecule has 0 aliphatic carbocycles. The van der Waals surface area contributed by atoms with E-state index in [-0.39, 0.29) is 0 Å². The molecule has 0 aromatic carbocycles. The van der Waals surface area contributed by atoms with Crippen molar-refractivity contribution in [3.05, 3.63) is 18.0 Å². The summed E-state index contributed by atoms with van der Waals surface area (Å²) in [6.07, 6.45) is 6.35. The van der Waals surface area contributed by atoms with Crippen LogP contribution < -0.4 is 5.32 Å². The van der Waals surface area contributed by atoms with Gasteiger partial charge in [-0.3, -0.25) is 4.68 Å². The maximum absolute atomic E-state index is 4.37. The topological polar surface area (TPSA) is 29.9 Å². The van der Waals surface area contributed by atoms with Crippen molar-refractivity contribution >= 4 is 0 Å². The number of hydrogen-bond donors (Lipinski definition) is 1. The second kappa shape index (κ2) is 5.91. The number of nitrogens with one attached hydrogen (secondary N) is 1. The average Bonchev–Trinajstić information content (AvgIpc) is 2.65. The summed E-state index contributed by atoms with van der Waals surface area (Å²) in [5.74, 6) is 0. The van der Waals surface area contributed by atoms with Crippen LogP contribution in [-0.4, -0.2) is 22.4 Å². The van der Waals surface area contributed by atoms with Crippen molar-refractivity contribution in [1.29, 1.82) is 0 Å². The lowest BCUT2D eigenvalue weighted by atomic mass is 10.1. The Kier molecular flexibility index (Phi) is 4.82. The fourth-order valence-electron chi connectivity index (χ4n) is 1.83. The predicted octanol–water partition coefficient (Wildman–Crippen LogP) is 2.53. The number of rotatable bonds is 6. The van der Waals surface area contributed by atoms with Gasteiger partial charge in [-0.2, -0.15) is 5.10 Å². The fraction of sp³-hybridized carbons (Fsp3) is 0.750. The smallest absolute Gasteiger partial charge is 0.0644 e. The zero-order valence-corrected chi connectivity index (χ0v) is 10.3. The van der Waals surface area contributed by atoms with Crippen molar-refractivity contribution in [2.24, 2.45) is 0 Å². The van der Waals surface area contributed by atoms with Gasteiger partial charge in [-0.05, 0) is 38.8 Å². The minimum absolute atomic E-state index is 0.426. The van der Waals surface area contributed by atoms with E-state index in [0.717, 1.165) is 13.0 Å². The summed E-state index contributed by atoms with van der Waals surface area (Å²) in [4.78, 5) is 0. The second-order valence-electron chi connectivity index (χ2n) is 4.21. The molecule has 0 radical (unpaired) electrons. The first-order chi connectivity index (χ1) is 7.19. The van der Waals surface area contributed by atoms with Gasteiger partial charge < -0.3 is 5.32 Å². The molecule has 0 spiro atoms. The molecule has 0 aliphatic rings. The summed E-state index contributed by atoms with van der Waals surface area (Å²) in [5, 5.41) is 7.94. The molecule has 0 aliphatic heterocycles. The summed E-state index contributed by atoms with van der Waals surface area (Å²) in [6, 6.07) is 0.944. The van der Waals surface area contributed by atoms with Crippen LogP contribution in [-0.2, 0) is 0 Å². The molecule has 2 atom stereocenters. The van der Waals surface area contributed by atoms with E-state index >= 15 is 0 Å². The highest BCUT2D eigenvalue weighted by molar-refractivity contribution is 5.00. The van der Waals surface area contributed by atoms with Gasteiger partial charge in [0.15, 0.2) is 0 Å². The van der Waals surface area contributed by atoms with Crippen LogP contribution in [0.1, 0.15) is 45.2 Å². The lowest BCUT2D eigenvalue weighted by Crippen LogP contribution is -2.36. The van der Waals surface area contributed by atoms with Crippen molar-refractivity contribution in [3.8, 4) is 0 Å². The normalized spacial score (nSPS) is 15.2. The Bertz CT molecular complexity index is 280. The largest absolute Gasteiger partial charge is 0.312 e. The van der Waals surface area contributed by atoms with Gasteiger partial charge in [-0.25, -0.2) is 0 Å². The van der Waals surface area contributed by atoms with Gasteiger partial charge in [-0.15, -0.1) is 0 Å². The van der Waals surface area contributed by atoms with Gasteiger partial charge in [0, 0.05) is 12.2 Å². The summed E-state index contributed by atoms with van der Waals surface area (Å²) in [5.41, 5.74) is 1.23. The summed E-state index contributed by atoms with van der Waals surface area (Å²) in [6.45, 7) is 9.81. The Hall–Kier alpha value is -0.830. The molecule has 1 heterocycles. The Labute approximate surface area is 92.9 Å². The van der Waals surface area contributed by atoms with Crippen LogP contribution in [0.5, 0.6) is 0 Å². The van der Waals surface area contributed by atoms with Crippen LogP contribution in [0.15, 0.2) is 12.4 Å². The Morgan fingerprint density at radius 3 is 2.67 bits per heavy atom. The lowest BCUT2D eigenvalue weighted by Gasteiger charge is -2.24. The lowest BCUT2D eigenvalue weighted by molar-refractivity contribution is 0.339. The Morgan fingerprint density at radius 2 is 2.20 bits per heavy atom. The summed E-state index contributed by atoms with van der Waals surface area (Å²) >= 11 is 0. The van der Waals surface area contributed by atoms with Gasteiger partial charge in [0.25, 0.3) is 0 Å². The Balaban J connectivity index is 2.59. The molecule has 3 nitrogen and oxygen atoms in total. The molecule has 0 saturated heterocycles. The highest BCUT2D eigenvalue weighted by Gasteiger charge is 2.16. The van der Waals surface area contributed by atoms with Crippen molar-refractivity contribution in [3.63, 3.8) is 0 Å². The van der Waals surface area contributed by atoms with Gasteiger partial charge in [0.2, 0.25) is 0 Å². The highest BCUT2D eigenvalue weighted by Crippen LogP contribution is 2.13. The van der Waals surface area contributed by atoms with Crippen molar-refractivity contribution in [2.45, 2.75) is 52.6 Å². The van der Waals surface area contributed by atoms with E-state index in [0.29, 0.717) is 12.1 Å². The van der Waals surface area contributed by atoms with Crippen molar-refractivity contribution in [1.82, 2.24) is 15.1 Å². The van der Waals surface area contributed by atoms with Crippen LogP contribution >= 0.6 is 0 Å². The fourth-order valence-corrected chi connectivity index (χ4v) is 1.83. The molecule has 1 aromatic rings. The second-order valence-corrected chi connectivity index (χ2v) is 4.21. The molecule has 1 rings (SSSR count). The van der Waals surface area contributed by atoms with Gasteiger partial charge in [-0.1, -0.05) is 13.8 Å². The zero-order chi connectivity index (χ0) is 11.3. The molecule has 3 heteroatoms.